The molecule has 1 saturated heterocycles. The Morgan fingerprint density at radius 1 is 1.37 bits per heavy atom. The third-order valence-corrected chi connectivity index (χ3v) is 4.77. The van der Waals surface area contributed by atoms with Crippen molar-refractivity contribution in [3.8, 4) is 0 Å². The number of fused-ring (bicyclic) bond motifs is 1. The fourth-order valence-corrected chi connectivity index (χ4v) is 3.57. The zero-order valence-corrected chi connectivity index (χ0v) is 11.4. The molecule has 1 aromatic rings. The summed E-state index contributed by atoms with van der Waals surface area (Å²) in [6.45, 7) is 2.91. The van der Waals surface area contributed by atoms with E-state index < -0.39 is 0 Å². The average Bonchev–Trinajstić information content (AvgIpc) is 2.41. The molecular formula is C15H23N3O. The van der Waals surface area contributed by atoms with Crippen molar-refractivity contribution < 1.29 is 5.11 Å². The highest BCUT2D eigenvalue weighted by Gasteiger charge is 2.42. The van der Waals surface area contributed by atoms with Gasteiger partial charge in [0, 0.05) is 31.7 Å². The lowest BCUT2D eigenvalue weighted by Gasteiger charge is -2.47. The molecule has 2 atom stereocenters. The van der Waals surface area contributed by atoms with E-state index >= 15 is 0 Å². The number of piperidine rings is 1. The predicted octanol–water partition coefficient (Wildman–Crippen LogP) is 1.79. The molecule has 4 heteroatoms. The van der Waals surface area contributed by atoms with Crippen molar-refractivity contribution >= 4 is 5.82 Å². The van der Waals surface area contributed by atoms with Crippen molar-refractivity contribution in [3.05, 3.63) is 23.9 Å². The second-order valence-corrected chi connectivity index (χ2v) is 6.12. The lowest BCUT2D eigenvalue weighted by Crippen LogP contribution is -2.52. The fraction of sp³-hybridized carbons (Fsp3) is 0.667. The van der Waals surface area contributed by atoms with E-state index in [4.69, 9.17) is 5.73 Å². The number of rotatable bonds is 2. The van der Waals surface area contributed by atoms with Crippen LogP contribution in [0.4, 0.5) is 5.82 Å². The number of aliphatic hydroxyl groups is 1. The number of anilines is 1. The molecule has 1 saturated carbocycles. The summed E-state index contributed by atoms with van der Waals surface area (Å²) >= 11 is 0. The second-order valence-electron chi connectivity index (χ2n) is 6.12. The van der Waals surface area contributed by atoms with Crippen LogP contribution in [0.25, 0.3) is 0 Å². The van der Waals surface area contributed by atoms with Gasteiger partial charge in [-0.2, -0.15) is 0 Å². The lowest BCUT2D eigenvalue weighted by molar-refractivity contribution is -0.0968. The number of nitrogen functional groups attached to an aromatic ring is 1. The van der Waals surface area contributed by atoms with Crippen LogP contribution in [0, 0.1) is 5.92 Å². The summed E-state index contributed by atoms with van der Waals surface area (Å²) < 4.78 is 0. The van der Waals surface area contributed by atoms with Crippen molar-refractivity contribution in [2.75, 3.05) is 18.8 Å². The van der Waals surface area contributed by atoms with Gasteiger partial charge in [-0.1, -0.05) is 18.9 Å². The molecular weight excluding hydrogens is 238 g/mol. The van der Waals surface area contributed by atoms with Crippen LogP contribution in [0.2, 0.25) is 0 Å². The van der Waals surface area contributed by atoms with Crippen molar-refractivity contribution in [3.63, 3.8) is 0 Å². The number of hydrogen-bond donors (Lipinski definition) is 2. The highest BCUT2D eigenvalue weighted by atomic mass is 16.3. The van der Waals surface area contributed by atoms with Crippen molar-refractivity contribution in [2.45, 2.75) is 44.2 Å². The highest BCUT2D eigenvalue weighted by molar-refractivity contribution is 5.29. The Bertz CT molecular complexity index is 434. The van der Waals surface area contributed by atoms with Gasteiger partial charge in [0.1, 0.15) is 5.82 Å². The third kappa shape index (κ3) is 2.74. The maximum absolute atomic E-state index is 10.7. The first-order valence-electron chi connectivity index (χ1n) is 7.31. The maximum Gasteiger partial charge on any atom is 0.123 e. The molecule has 2 heterocycles. The molecule has 0 aromatic carbocycles. The number of pyridine rings is 1. The summed E-state index contributed by atoms with van der Waals surface area (Å²) in [4.78, 5) is 6.58. The van der Waals surface area contributed by atoms with Crippen LogP contribution in [0.5, 0.6) is 0 Å². The minimum atomic E-state index is -0.381. The molecule has 0 bridgehead atoms. The van der Waals surface area contributed by atoms with Crippen LogP contribution in [-0.4, -0.2) is 33.7 Å². The van der Waals surface area contributed by atoms with Gasteiger partial charge >= 0.3 is 0 Å². The van der Waals surface area contributed by atoms with Crippen LogP contribution in [0.1, 0.15) is 37.7 Å². The van der Waals surface area contributed by atoms with E-state index in [1.54, 1.807) is 0 Å². The molecule has 2 fully saturated rings. The van der Waals surface area contributed by atoms with Gasteiger partial charge in [-0.15, -0.1) is 0 Å². The SMILES string of the molecule is Nc1ccc(CN2CCC3(O)CCCCC3C2)cn1. The third-order valence-electron chi connectivity index (χ3n) is 4.77. The summed E-state index contributed by atoms with van der Waals surface area (Å²) in [5.41, 5.74) is 6.43. The van der Waals surface area contributed by atoms with Gasteiger partial charge in [0.05, 0.1) is 5.60 Å². The molecule has 3 rings (SSSR count). The standard InChI is InChI=1S/C15H23N3O/c16-14-5-4-12(9-17-14)10-18-8-7-15(19)6-2-1-3-13(15)11-18/h4-5,9,13,19H,1-3,6-8,10-11H2,(H2,16,17). The van der Waals surface area contributed by atoms with Crippen LogP contribution in [0.3, 0.4) is 0 Å². The summed E-state index contributed by atoms with van der Waals surface area (Å²) in [5.74, 6) is 1.03. The molecule has 0 spiro atoms. The molecule has 2 unspecified atom stereocenters. The summed E-state index contributed by atoms with van der Waals surface area (Å²) in [6.07, 6.45) is 7.40. The predicted molar refractivity (Wildman–Crippen MR) is 75.5 cm³/mol. The van der Waals surface area contributed by atoms with Crippen molar-refractivity contribution in [1.82, 2.24) is 9.88 Å². The van der Waals surface area contributed by atoms with Gasteiger partial charge in [0.15, 0.2) is 0 Å². The molecule has 19 heavy (non-hydrogen) atoms. The molecule has 104 valence electrons. The molecule has 2 aliphatic rings. The molecule has 1 aliphatic carbocycles. The Hall–Kier alpha value is -1.13. The van der Waals surface area contributed by atoms with Gasteiger partial charge in [0.25, 0.3) is 0 Å². The Morgan fingerprint density at radius 3 is 3.05 bits per heavy atom. The minimum Gasteiger partial charge on any atom is -0.390 e. The topological polar surface area (TPSA) is 62.4 Å². The normalized spacial score (nSPS) is 31.9. The van der Waals surface area contributed by atoms with E-state index in [-0.39, 0.29) is 5.60 Å². The Balaban J connectivity index is 1.63. The Kier molecular flexibility index (Phi) is 3.46. The summed E-state index contributed by atoms with van der Waals surface area (Å²) in [7, 11) is 0. The highest BCUT2D eigenvalue weighted by Crippen LogP contribution is 2.39. The number of nitrogens with zero attached hydrogens (tertiary/aromatic N) is 2. The van der Waals surface area contributed by atoms with Gasteiger partial charge in [0.2, 0.25) is 0 Å². The van der Waals surface area contributed by atoms with Gasteiger partial charge in [-0.05, 0) is 30.9 Å². The first kappa shape index (κ1) is 12.9. The Morgan fingerprint density at radius 2 is 2.26 bits per heavy atom. The van der Waals surface area contributed by atoms with Gasteiger partial charge in [-0.25, -0.2) is 4.98 Å². The molecule has 0 amide bonds. The van der Waals surface area contributed by atoms with E-state index in [0.717, 1.165) is 32.5 Å². The van der Waals surface area contributed by atoms with Crippen LogP contribution in [0.15, 0.2) is 18.3 Å². The smallest absolute Gasteiger partial charge is 0.123 e. The van der Waals surface area contributed by atoms with E-state index in [1.165, 1.54) is 24.8 Å². The van der Waals surface area contributed by atoms with Crippen molar-refractivity contribution in [2.24, 2.45) is 5.92 Å². The quantitative estimate of drug-likeness (QED) is 0.852. The second kappa shape index (κ2) is 5.10. The Labute approximate surface area is 114 Å². The first-order chi connectivity index (χ1) is 9.16. The molecule has 1 aromatic heterocycles. The molecule has 1 aliphatic heterocycles. The zero-order valence-electron chi connectivity index (χ0n) is 11.4. The maximum atomic E-state index is 10.7. The number of hydrogen-bond acceptors (Lipinski definition) is 4. The van der Waals surface area contributed by atoms with Gasteiger partial charge in [-0.3, -0.25) is 4.90 Å². The molecule has 0 radical (unpaired) electrons. The van der Waals surface area contributed by atoms with E-state index in [1.807, 2.05) is 18.3 Å². The fourth-order valence-electron chi connectivity index (χ4n) is 3.57. The minimum absolute atomic E-state index is 0.381. The summed E-state index contributed by atoms with van der Waals surface area (Å²) in [5, 5.41) is 10.7. The summed E-state index contributed by atoms with van der Waals surface area (Å²) in [6, 6.07) is 3.90. The number of likely N-dealkylation sites (tertiary alicyclic amines) is 1. The van der Waals surface area contributed by atoms with Crippen molar-refractivity contribution in [1.29, 1.82) is 0 Å². The van der Waals surface area contributed by atoms with Crippen LogP contribution < -0.4 is 5.73 Å². The lowest BCUT2D eigenvalue weighted by atomic mass is 9.71. The van der Waals surface area contributed by atoms with E-state index in [0.29, 0.717) is 11.7 Å². The molecule has 4 nitrogen and oxygen atoms in total. The van der Waals surface area contributed by atoms with Crippen LogP contribution in [-0.2, 0) is 6.54 Å². The van der Waals surface area contributed by atoms with Crippen LogP contribution >= 0.6 is 0 Å². The number of aromatic nitrogens is 1. The van der Waals surface area contributed by atoms with E-state index in [2.05, 4.69) is 9.88 Å². The zero-order chi connectivity index (χ0) is 13.3. The molecule has 3 N–H and O–H groups in total. The average molecular weight is 261 g/mol. The number of nitrogens with two attached hydrogens (primary N) is 1. The largest absolute Gasteiger partial charge is 0.390 e. The van der Waals surface area contributed by atoms with Gasteiger partial charge < -0.3 is 10.8 Å². The monoisotopic (exact) mass is 261 g/mol. The van der Waals surface area contributed by atoms with E-state index in [9.17, 15) is 5.11 Å². The first-order valence-corrected chi connectivity index (χ1v) is 7.31.